The van der Waals surface area contributed by atoms with Crippen LogP contribution in [0.5, 0.6) is 5.75 Å². The number of carbonyl (C=O) groups is 1. The molecule has 2 rings (SSSR count). The van der Waals surface area contributed by atoms with Gasteiger partial charge in [-0.15, -0.1) is 0 Å². The summed E-state index contributed by atoms with van der Waals surface area (Å²) in [5.41, 5.74) is 2.23. The maximum Gasteiger partial charge on any atom is 0.257 e. The molecule has 0 saturated carbocycles. The smallest absolute Gasteiger partial charge is 0.257 e. The Kier molecular flexibility index (Phi) is 5.35. The molecule has 2 N–H and O–H groups in total. The predicted octanol–water partition coefficient (Wildman–Crippen LogP) is 3.78. The number of aryl methyl sites for hydroxylation is 1. The zero-order valence-corrected chi connectivity index (χ0v) is 13.7. The number of amides is 1. The molecule has 0 aliphatic rings. The molecular formula is C16H15ClN2O2S. The number of nitrogens with one attached hydrogen (secondary N) is 2. The van der Waals surface area contributed by atoms with E-state index in [9.17, 15) is 4.79 Å². The van der Waals surface area contributed by atoms with E-state index in [1.165, 1.54) is 0 Å². The molecule has 4 nitrogen and oxygen atoms in total. The topological polar surface area (TPSA) is 50.4 Å². The van der Waals surface area contributed by atoms with Gasteiger partial charge in [-0.1, -0.05) is 11.6 Å². The van der Waals surface area contributed by atoms with E-state index >= 15 is 0 Å². The molecule has 114 valence electrons. The molecule has 2 aromatic carbocycles. The van der Waals surface area contributed by atoms with Gasteiger partial charge in [0.05, 0.1) is 7.11 Å². The standard InChI is InChI=1S/C16H15ClN2O2S/c1-10-9-12(17)5-8-14(10)18-16(22)19-15(20)11-3-6-13(21-2)7-4-11/h3-9H,1-2H3,(H2,18,19,20,22). The van der Waals surface area contributed by atoms with Crippen LogP contribution in [0, 0.1) is 6.92 Å². The summed E-state index contributed by atoms with van der Waals surface area (Å²) in [7, 11) is 1.57. The summed E-state index contributed by atoms with van der Waals surface area (Å²) in [4.78, 5) is 12.1. The fraction of sp³-hybridized carbons (Fsp3) is 0.125. The first-order chi connectivity index (χ1) is 10.5. The van der Waals surface area contributed by atoms with Gasteiger partial charge in [-0.2, -0.15) is 0 Å². The third-order valence-electron chi connectivity index (χ3n) is 3.02. The monoisotopic (exact) mass is 334 g/mol. The van der Waals surface area contributed by atoms with Crippen LogP contribution in [0.1, 0.15) is 15.9 Å². The minimum atomic E-state index is -0.285. The number of anilines is 1. The Hall–Kier alpha value is -2.11. The Labute approximate surface area is 139 Å². The average molecular weight is 335 g/mol. The van der Waals surface area contributed by atoms with Crippen molar-refractivity contribution in [1.82, 2.24) is 5.32 Å². The molecular weight excluding hydrogens is 320 g/mol. The van der Waals surface area contributed by atoms with Gasteiger partial charge in [0.15, 0.2) is 5.11 Å². The maximum absolute atomic E-state index is 12.1. The molecule has 6 heteroatoms. The molecule has 1 amide bonds. The second-order valence-corrected chi connectivity index (χ2v) is 5.44. The van der Waals surface area contributed by atoms with Gasteiger partial charge in [-0.25, -0.2) is 0 Å². The highest BCUT2D eigenvalue weighted by Gasteiger charge is 2.09. The van der Waals surface area contributed by atoms with E-state index in [1.54, 1.807) is 37.4 Å². The summed E-state index contributed by atoms with van der Waals surface area (Å²) in [6.07, 6.45) is 0. The highest BCUT2D eigenvalue weighted by atomic mass is 35.5. The molecule has 0 radical (unpaired) electrons. The number of halogens is 1. The van der Waals surface area contributed by atoms with Crippen molar-refractivity contribution in [3.63, 3.8) is 0 Å². The second kappa shape index (κ2) is 7.24. The SMILES string of the molecule is COc1ccc(C(=O)NC(=S)Nc2ccc(Cl)cc2C)cc1. The third-order valence-corrected chi connectivity index (χ3v) is 3.46. The minimum absolute atomic E-state index is 0.228. The van der Waals surface area contributed by atoms with Crippen LogP contribution in [0.15, 0.2) is 42.5 Å². The van der Waals surface area contributed by atoms with Gasteiger partial charge in [-0.3, -0.25) is 10.1 Å². The van der Waals surface area contributed by atoms with Gasteiger partial charge in [0.25, 0.3) is 5.91 Å². The van der Waals surface area contributed by atoms with Crippen LogP contribution in [0.25, 0.3) is 0 Å². The van der Waals surface area contributed by atoms with Crippen molar-refractivity contribution in [3.8, 4) is 5.75 Å². The summed E-state index contributed by atoms with van der Waals surface area (Å²) in [5, 5.41) is 6.49. The largest absolute Gasteiger partial charge is 0.497 e. The van der Waals surface area contributed by atoms with Gasteiger partial charge in [0.1, 0.15) is 5.75 Å². The summed E-state index contributed by atoms with van der Waals surface area (Å²) in [5.74, 6) is 0.404. The molecule has 2 aromatic rings. The van der Waals surface area contributed by atoms with Gasteiger partial charge >= 0.3 is 0 Å². The van der Waals surface area contributed by atoms with E-state index in [-0.39, 0.29) is 11.0 Å². The molecule has 0 aliphatic heterocycles. The summed E-state index contributed by atoms with van der Waals surface area (Å²) >= 11 is 11.1. The van der Waals surface area contributed by atoms with Crippen molar-refractivity contribution in [3.05, 3.63) is 58.6 Å². The van der Waals surface area contributed by atoms with Crippen molar-refractivity contribution in [1.29, 1.82) is 0 Å². The lowest BCUT2D eigenvalue weighted by atomic mass is 10.2. The number of methoxy groups -OCH3 is 1. The molecule has 0 bridgehead atoms. The first-order valence-electron chi connectivity index (χ1n) is 6.52. The van der Waals surface area contributed by atoms with E-state index in [2.05, 4.69) is 10.6 Å². The Balaban J connectivity index is 2.00. The number of carbonyl (C=O) groups excluding carboxylic acids is 1. The Bertz CT molecular complexity index is 702. The summed E-state index contributed by atoms with van der Waals surface area (Å²) < 4.78 is 5.05. The first kappa shape index (κ1) is 16.3. The number of ether oxygens (including phenoxy) is 1. The van der Waals surface area contributed by atoms with Gasteiger partial charge in [-0.05, 0) is 67.2 Å². The molecule has 0 atom stereocenters. The van der Waals surface area contributed by atoms with Crippen LogP contribution in [-0.2, 0) is 0 Å². The number of rotatable bonds is 3. The summed E-state index contributed by atoms with van der Waals surface area (Å²) in [6.45, 7) is 1.90. The van der Waals surface area contributed by atoms with Crippen LogP contribution >= 0.6 is 23.8 Å². The van der Waals surface area contributed by atoms with Crippen molar-refractivity contribution in [2.24, 2.45) is 0 Å². The number of hydrogen-bond acceptors (Lipinski definition) is 3. The molecule has 0 spiro atoms. The number of benzene rings is 2. The number of hydrogen-bond donors (Lipinski definition) is 2. The minimum Gasteiger partial charge on any atom is -0.497 e. The lowest BCUT2D eigenvalue weighted by Gasteiger charge is -2.12. The van der Waals surface area contributed by atoms with E-state index in [0.717, 1.165) is 11.3 Å². The van der Waals surface area contributed by atoms with E-state index in [1.807, 2.05) is 19.1 Å². The average Bonchev–Trinajstić information content (AvgIpc) is 2.50. The molecule has 0 aliphatic carbocycles. The maximum atomic E-state index is 12.1. The van der Waals surface area contributed by atoms with E-state index in [4.69, 9.17) is 28.6 Å². The predicted molar refractivity (Wildman–Crippen MR) is 92.9 cm³/mol. The molecule has 0 heterocycles. The van der Waals surface area contributed by atoms with Gasteiger partial charge < -0.3 is 10.1 Å². The Morgan fingerprint density at radius 3 is 2.45 bits per heavy atom. The fourth-order valence-corrected chi connectivity index (χ4v) is 2.27. The fourth-order valence-electron chi connectivity index (χ4n) is 1.84. The molecule has 0 aromatic heterocycles. The zero-order chi connectivity index (χ0) is 16.1. The molecule has 22 heavy (non-hydrogen) atoms. The third kappa shape index (κ3) is 4.19. The first-order valence-corrected chi connectivity index (χ1v) is 7.31. The normalized spacial score (nSPS) is 9.95. The molecule has 0 saturated heterocycles. The zero-order valence-electron chi connectivity index (χ0n) is 12.1. The number of thiocarbonyl (C=S) groups is 1. The van der Waals surface area contributed by atoms with Crippen LogP contribution in [0.4, 0.5) is 5.69 Å². The van der Waals surface area contributed by atoms with E-state index in [0.29, 0.717) is 16.3 Å². The second-order valence-electron chi connectivity index (χ2n) is 4.60. The summed E-state index contributed by atoms with van der Waals surface area (Å²) in [6, 6.07) is 12.2. The van der Waals surface area contributed by atoms with Crippen molar-refractivity contribution in [2.75, 3.05) is 12.4 Å². The van der Waals surface area contributed by atoms with Crippen molar-refractivity contribution < 1.29 is 9.53 Å². The van der Waals surface area contributed by atoms with Crippen LogP contribution < -0.4 is 15.4 Å². The lowest BCUT2D eigenvalue weighted by Crippen LogP contribution is -2.34. The van der Waals surface area contributed by atoms with E-state index < -0.39 is 0 Å². The lowest BCUT2D eigenvalue weighted by molar-refractivity contribution is 0.0977. The van der Waals surface area contributed by atoms with Gasteiger partial charge in [0, 0.05) is 16.3 Å². The van der Waals surface area contributed by atoms with Crippen LogP contribution in [0.3, 0.4) is 0 Å². The Morgan fingerprint density at radius 2 is 1.86 bits per heavy atom. The molecule has 0 fully saturated rings. The highest BCUT2D eigenvalue weighted by molar-refractivity contribution is 7.80. The van der Waals surface area contributed by atoms with Gasteiger partial charge in [0.2, 0.25) is 0 Å². The molecule has 0 unspecified atom stereocenters. The quantitative estimate of drug-likeness (QED) is 0.839. The van der Waals surface area contributed by atoms with Crippen LogP contribution in [0.2, 0.25) is 5.02 Å². The highest BCUT2D eigenvalue weighted by Crippen LogP contribution is 2.19. The van der Waals surface area contributed by atoms with Crippen LogP contribution in [-0.4, -0.2) is 18.1 Å². The Morgan fingerprint density at radius 1 is 1.18 bits per heavy atom. The van der Waals surface area contributed by atoms with Crippen molar-refractivity contribution in [2.45, 2.75) is 6.92 Å². The van der Waals surface area contributed by atoms with Crippen molar-refractivity contribution >= 4 is 40.5 Å².